The number of nitrogens with zero attached hydrogens (tertiary/aromatic N) is 2. The zero-order chi connectivity index (χ0) is 16.6. The lowest BCUT2D eigenvalue weighted by Gasteiger charge is -2.29. The molecule has 5 nitrogen and oxygen atoms in total. The van der Waals surface area contributed by atoms with E-state index >= 15 is 0 Å². The van der Waals surface area contributed by atoms with Crippen LogP contribution in [0.3, 0.4) is 0 Å². The lowest BCUT2D eigenvalue weighted by atomic mass is 10.0. The van der Waals surface area contributed by atoms with Crippen molar-refractivity contribution >= 4 is 21.6 Å². The normalized spacial score (nSPS) is 21.1. The van der Waals surface area contributed by atoms with E-state index in [9.17, 15) is 13.2 Å². The number of rotatable bonds is 3. The number of benzene rings is 1. The van der Waals surface area contributed by atoms with Crippen LogP contribution in [0.4, 0.5) is 5.69 Å². The predicted octanol–water partition coefficient (Wildman–Crippen LogP) is 2.54. The third-order valence-corrected chi connectivity index (χ3v) is 6.81. The van der Waals surface area contributed by atoms with Crippen LogP contribution >= 0.6 is 0 Å². The van der Waals surface area contributed by atoms with Gasteiger partial charge in [-0.2, -0.15) is 4.31 Å². The van der Waals surface area contributed by atoms with Crippen LogP contribution in [0, 0.1) is 12.8 Å². The van der Waals surface area contributed by atoms with Gasteiger partial charge in [-0.05, 0) is 55.9 Å². The summed E-state index contributed by atoms with van der Waals surface area (Å²) in [5, 5.41) is 0. The van der Waals surface area contributed by atoms with Crippen LogP contribution in [-0.2, 0) is 14.8 Å². The molecule has 1 aromatic carbocycles. The molecule has 1 amide bonds. The van der Waals surface area contributed by atoms with E-state index in [2.05, 4.69) is 6.92 Å². The van der Waals surface area contributed by atoms with Gasteiger partial charge in [0.25, 0.3) is 0 Å². The van der Waals surface area contributed by atoms with Crippen molar-refractivity contribution in [1.82, 2.24) is 4.31 Å². The van der Waals surface area contributed by atoms with E-state index < -0.39 is 10.0 Å². The Morgan fingerprint density at radius 1 is 1.13 bits per heavy atom. The van der Waals surface area contributed by atoms with Crippen LogP contribution in [0.2, 0.25) is 0 Å². The first-order chi connectivity index (χ1) is 10.9. The molecule has 126 valence electrons. The first-order valence-corrected chi connectivity index (χ1v) is 9.75. The fourth-order valence-electron chi connectivity index (χ4n) is 3.37. The van der Waals surface area contributed by atoms with Crippen LogP contribution in [0.15, 0.2) is 23.1 Å². The van der Waals surface area contributed by atoms with E-state index in [1.807, 2.05) is 6.92 Å². The molecule has 2 aliphatic rings. The molecule has 0 bridgehead atoms. The molecule has 2 saturated heterocycles. The Labute approximate surface area is 138 Å². The number of carbonyl (C=O) groups is 1. The maximum atomic E-state index is 12.8. The smallest absolute Gasteiger partial charge is 0.243 e. The molecule has 2 fully saturated rings. The molecule has 2 heterocycles. The average Bonchev–Trinajstić information content (AvgIpc) is 2.93. The van der Waals surface area contributed by atoms with Gasteiger partial charge in [0.1, 0.15) is 0 Å². The molecule has 0 spiro atoms. The van der Waals surface area contributed by atoms with Crippen molar-refractivity contribution in [1.29, 1.82) is 0 Å². The summed E-state index contributed by atoms with van der Waals surface area (Å²) in [6.07, 6.45) is 3.27. The Morgan fingerprint density at radius 3 is 2.39 bits per heavy atom. The van der Waals surface area contributed by atoms with E-state index in [-0.39, 0.29) is 5.91 Å². The van der Waals surface area contributed by atoms with Gasteiger partial charge in [-0.1, -0.05) is 6.92 Å². The molecule has 0 radical (unpaired) electrons. The number of hydrogen-bond acceptors (Lipinski definition) is 3. The summed E-state index contributed by atoms with van der Waals surface area (Å²) in [6, 6.07) is 5.12. The lowest BCUT2D eigenvalue weighted by molar-refractivity contribution is -0.117. The quantitative estimate of drug-likeness (QED) is 0.852. The summed E-state index contributed by atoms with van der Waals surface area (Å²) >= 11 is 0. The second-order valence-corrected chi connectivity index (χ2v) is 8.62. The summed E-state index contributed by atoms with van der Waals surface area (Å²) in [5.74, 6) is 0.709. The fraction of sp³-hybridized carbons (Fsp3) is 0.588. The predicted molar refractivity (Wildman–Crippen MR) is 89.9 cm³/mol. The highest BCUT2D eigenvalue weighted by molar-refractivity contribution is 7.89. The number of sulfonamides is 1. The third-order valence-electron chi connectivity index (χ3n) is 4.91. The second-order valence-electron chi connectivity index (χ2n) is 6.68. The Kier molecular flexibility index (Phi) is 4.47. The van der Waals surface area contributed by atoms with Gasteiger partial charge in [-0.25, -0.2) is 8.42 Å². The van der Waals surface area contributed by atoms with Gasteiger partial charge < -0.3 is 4.90 Å². The fourth-order valence-corrected chi connectivity index (χ4v) is 4.92. The van der Waals surface area contributed by atoms with Crippen LogP contribution in [-0.4, -0.2) is 38.3 Å². The minimum atomic E-state index is -3.43. The maximum absolute atomic E-state index is 12.8. The van der Waals surface area contributed by atoms with E-state index in [0.29, 0.717) is 30.3 Å². The number of aryl methyl sites for hydroxylation is 1. The second kappa shape index (κ2) is 6.24. The molecule has 0 aliphatic carbocycles. The number of carbonyl (C=O) groups excluding carboxylic acids is 1. The van der Waals surface area contributed by atoms with Crippen molar-refractivity contribution in [3.8, 4) is 0 Å². The van der Waals surface area contributed by atoms with Crippen molar-refractivity contribution in [3.63, 3.8) is 0 Å². The molecular formula is C17H24N2O3S. The highest BCUT2D eigenvalue weighted by atomic mass is 32.2. The largest absolute Gasteiger partial charge is 0.312 e. The molecule has 0 saturated carbocycles. The zero-order valence-electron chi connectivity index (χ0n) is 13.8. The summed E-state index contributed by atoms with van der Waals surface area (Å²) in [4.78, 5) is 14.0. The summed E-state index contributed by atoms with van der Waals surface area (Å²) < 4.78 is 27.2. The van der Waals surface area contributed by atoms with E-state index in [4.69, 9.17) is 0 Å². The van der Waals surface area contributed by atoms with Gasteiger partial charge in [0, 0.05) is 31.7 Å². The van der Waals surface area contributed by atoms with E-state index in [1.165, 1.54) is 0 Å². The molecule has 3 rings (SSSR count). The van der Waals surface area contributed by atoms with Crippen LogP contribution < -0.4 is 4.90 Å². The SMILES string of the molecule is Cc1cc(S(=O)(=O)N2CCC(C)CC2)ccc1N1CCCC1=O. The third kappa shape index (κ3) is 3.15. The van der Waals surface area contributed by atoms with Crippen molar-refractivity contribution < 1.29 is 13.2 Å². The monoisotopic (exact) mass is 336 g/mol. The number of anilines is 1. The van der Waals surface area contributed by atoms with Gasteiger partial charge >= 0.3 is 0 Å². The Morgan fingerprint density at radius 2 is 1.83 bits per heavy atom. The van der Waals surface area contributed by atoms with Gasteiger partial charge in [-0.3, -0.25) is 4.79 Å². The highest BCUT2D eigenvalue weighted by Gasteiger charge is 2.29. The molecule has 6 heteroatoms. The molecule has 0 unspecified atom stereocenters. The zero-order valence-corrected chi connectivity index (χ0v) is 14.6. The minimum absolute atomic E-state index is 0.119. The Hall–Kier alpha value is -1.40. The molecule has 23 heavy (non-hydrogen) atoms. The first kappa shape index (κ1) is 16.5. The maximum Gasteiger partial charge on any atom is 0.243 e. The molecular weight excluding hydrogens is 312 g/mol. The summed E-state index contributed by atoms with van der Waals surface area (Å²) in [5.41, 5.74) is 1.67. The Bertz CT molecular complexity index is 707. The van der Waals surface area contributed by atoms with Gasteiger partial charge in [0.2, 0.25) is 15.9 Å². The molecule has 0 aromatic heterocycles. The standard InChI is InChI=1S/C17H24N2O3S/c1-13-7-10-18(11-8-13)23(21,22)15-5-6-16(14(2)12-15)19-9-3-4-17(19)20/h5-6,12-13H,3-4,7-11H2,1-2H3. The summed E-state index contributed by atoms with van der Waals surface area (Å²) in [6.45, 7) is 5.94. The molecule has 0 atom stereocenters. The molecule has 0 N–H and O–H groups in total. The topological polar surface area (TPSA) is 57.7 Å². The lowest BCUT2D eigenvalue weighted by Crippen LogP contribution is -2.37. The van der Waals surface area contributed by atoms with Gasteiger partial charge in [0.15, 0.2) is 0 Å². The number of amides is 1. The first-order valence-electron chi connectivity index (χ1n) is 8.31. The minimum Gasteiger partial charge on any atom is -0.312 e. The van der Waals surface area contributed by atoms with Crippen molar-refractivity contribution in [2.75, 3.05) is 24.5 Å². The van der Waals surface area contributed by atoms with Crippen molar-refractivity contribution in [3.05, 3.63) is 23.8 Å². The van der Waals surface area contributed by atoms with Gasteiger partial charge in [-0.15, -0.1) is 0 Å². The number of piperidine rings is 1. The average molecular weight is 336 g/mol. The van der Waals surface area contributed by atoms with Crippen LogP contribution in [0.25, 0.3) is 0 Å². The van der Waals surface area contributed by atoms with Crippen molar-refractivity contribution in [2.24, 2.45) is 5.92 Å². The van der Waals surface area contributed by atoms with E-state index in [1.54, 1.807) is 27.4 Å². The van der Waals surface area contributed by atoms with Crippen molar-refractivity contribution in [2.45, 2.75) is 44.4 Å². The molecule has 1 aromatic rings. The molecule has 2 aliphatic heterocycles. The van der Waals surface area contributed by atoms with Gasteiger partial charge in [0.05, 0.1) is 4.90 Å². The highest BCUT2D eigenvalue weighted by Crippen LogP contribution is 2.29. The Balaban J connectivity index is 1.86. The number of hydrogen-bond donors (Lipinski definition) is 0. The summed E-state index contributed by atoms with van der Waals surface area (Å²) in [7, 11) is -3.43. The van der Waals surface area contributed by atoms with E-state index in [0.717, 1.165) is 37.1 Å². The van der Waals surface area contributed by atoms with Crippen LogP contribution in [0.5, 0.6) is 0 Å². The van der Waals surface area contributed by atoms with Crippen LogP contribution in [0.1, 0.15) is 38.2 Å².